The smallest absolute Gasteiger partial charge is 0.270 e. The molecule has 5 saturated heterocycles. The van der Waals surface area contributed by atoms with Gasteiger partial charge in [0.15, 0.2) is 5.78 Å². The topological polar surface area (TPSA) is 428 Å². The third-order valence-electron chi connectivity index (χ3n) is 25.7. The molecule has 37 heteroatoms. The highest BCUT2D eigenvalue weighted by Gasteiger charge is 2.35. The van der Waals surface area contributed by atoms with Crippen LogP contribution in [0.3, 0.4) is 0 Å². The van der Waals surface area contributed by atoms with Gasteiger partial charge in [0.2, 0.25) is 23.8 Å². The molecule has 0 bridgehead atoms. The fraction of sp³-hybridized carbons (Fsp3) is 0.308. The lowest BCUT2D eigenvalue weighted by molar-refractivity contribution is -0.143. The van der Waals surface area contributed by atoms with Crippen molar-refractivity contribution in [2.75, 3.05) is 148 Å². The number of piperazine rings is 3. The summed E-state index contributed by atoms with van der Waals surface area (Å²) in [6, 6.07) is 56.9. The standard InChI is InChI=1S/C28H33N7O2.2C27H27N7O3.C25H28N6O2/c1-18(2)19(3)37-22-7-9-29-25(17-22)24-8-10-30-28(33-24)31-21-5-6-23-20(15-21)16-26(32-23)27(36)35-13-11-34(4)12-14-35;2*35-25(33-11-13-34(14-12-33)26(36)24-5-3-15-37-24)23-17-18-16-19(6-7-20(18)31-23)30-27-29-10-8-22(32-27)21-4-1-2-9-28-21;1-31(2)13-5-4-6-24(32)23-15-17-14-18(7-8-20(17)29-23)28-25-27-12-10-21(30-25)22-16-19(33-3)9-11-26-22/h5-10,15-19,32H,11-14H2,1-4H3,(H,30,31,33);2*1-2,4,6-10,16-17,24,31H,3,5,11-15H2,(H,29,30,32);7-12,14-16,29H,4-6,13H2,1-3H3,(H,27,28,30)/t19-;2*24-;/m010./s1. The molecule has 0 unspecified atom stereocenters. The Hall–Kier alpha value is -16.4. The number of H-pyrrole nitrogens is 4. The predicted molar refractivity (Wildman–Crippen MR) is 552 cm³/mol. The van der Waals surface area contributed by atoms with Crippen LogP contribution in [0, 0.1) is 5.92 Å². The molecular weight excluding hydrogens is 1820 g/mol. The van der Waals surface area contributed by atoms with E-state index in [1.165, 1.54) is 0 Å². The van der Waals surface area contributed by atoms with E-state index in [0.717, 1.165) is 166 Å². The van der Waals surface area contributed by atoms with E-state index < -0.39 is 0 Å². The largest absolute Gasteiger partial charge is 0.497 e. The average Bonchev–Trinajstić information content (AvgIpc) is 1.67. The van der Waals surface area contributed by atoms with Gasteiger partial charge in [-0.1, -0.05) is 26.0 Å². The van der Waals surface area contributed by atoms with Gasteiger partial charge in [0.25, 0.3) is 29.5 Å². The number of ketones is 1. The number of rotatable bonds is 27. The number of nitrogens with zero attached hydrogens (tertiary/aromatic N) is 19. The number of amides is 5. The number of Topliss-reactive ketones (excluding diaryl/α,β-unsaturated/α-hetero) is 1. The molecule has 5 fully saturated rings. The van der Waals surface area contributed by atoms with Gasteiger partial charge in [-0.3, -0.25) is 48.7 Å². The van der Waals surface area contributed by atoms with E-state index in [-0.39, 0.29) is 53.6 Å². The van der Waals surface area contributed by atoms with Crippen molar-refractivity contribution in [1.29, 1.82) is 0 Å². The molecule has 738 valence electrons. The molecule has 0 spiro atoms. The van der Waals surface area contributed by atoms with Crippen molar-refractivity contribution in [2.24, 2.45) is 5.92 Å². The lowest BCUT2D eigenvalue weighted by Gasteiger charge is -2.35. The molecule has 5 amide bonds. The van der Waals surface area contributed by atoms with Crippen molar-refractivity contribution in [1.82, 2.24) is 114 Å². The van der Waals surface area contributed by atoms with Crippen LogP contribution in [0.5, 0.6) is 11.5 Å². The Balaban J connectivity index is 0.000000126. The first-order valence-corrected chi connectivity index (χ1v) is 48.6. The molecule has 5 aliphatic rings. The Morgan fingerprint density at radius 1 is 0.382 bits per heavy atom. The number of carbonyl (C=O) groups excluding carboxylic acids is 6. The van der Waals surface area contributed by atoms with Crippen LogP contribution in [0.4, 0.5) is 46.5 Å². The molecule has 4 aromatic carbocycles. The van der Waals surface area contributed by atoms with Crippen molar-refractivity contribution >= 4 is 125 Å². The summed E-state index contributed by atoms with van der Waals surface area (Å²) in [5, 5.41) is 16.7. The van der Waals surface area contributed by atoms with Crippen LogP contribution in [0.2, 0.25) is 0 Å². The summed E-state index contributed by atoms with van der Waals surface area (Å²) in [5.74, 6) is 3.87. The minimum absolute atomic E-state index is 0.0383. The maximum Gasteiger partial charge on any atom is 0.270 e. The van der Waals surface area contributed by atoms with Crippen LogP contribution in [-0.4, -0.2) is 294 Å². The number of unbranched alkanes of at least 4 members (excludes halogenated alkanes) is 1. The third-order valence-corrected chi connectivity index (χ3v) is 25.7. The number of methoxy groups -OCH3 is 1. The summed E-state index contributed by atoms with van der Waals surface area (Å²) in [6.45, 7) is 16.0. The number of fused-ring (bicyclic) bond motifs is 4. The highest BCUT2D eigenvalue weighted by atomic mass is 16.5. The van der Waals surface area contributed by atoms with Gasteiger partial charge in [-0.25, -0.2) is 39.9 Å². The van der Waals surface area contributed by atoms with Crippen LogP contribution < -0.4 is 30.7 Å². The molecule has 16 aromatic rings. The number of hydrogen-bond acceptors (Lipinski definition) is 28. The zero-order valence-electron chi connectivity index (χ0n) is 81.4. The van der Waals surface area contributed by atoms with Gasteiger partial charge in [0.05, 0.1) is 64.5 Å². The Morgan fingerprint density at radius 2 is 0.729 bits per heavy atom. The van der Waals surface area contributed by atoms with Gasteiger partial charge < -0.3 is 94.4 Å². The zero-order valence-corrected chi connectivity index (χ0v) is 81.4. The van der Waals surface area contributed by atoms with Crippen molar-refractivity contribution < 1.29 is 47.7 Å². The summed E-state index contributed by atoms with van der Waals surface area (Å²) < 4.78 is 22.4. The number of carbonyl (C=O) groups is 6. The molecule has 17 heterocycles. The Kier molecular flexibility index (Phi) is 31.2. The van der Waals surface area contributed by atoms with E-state index >= 15 is 0 Å². The summed E-state index contributed by atoms with van der Waals surface area (Å²) >= 11 is 0. The summed E-state index contributed by atoms with van der Waals surface area (Å²) in [7, 11) is 7.78. The van der Waals surface area contributed by atoms with Crippen LogP contribution in [0.25, 0.3) is 89.2 Å². The third kappa shape index (κ3) is 24.8. The van der Waals surface area contributed by atoms with Crippen LogP contribution in [0.15, 0.2) is 232 Å². The SMILES string of the molecule is CC(C)[C@H](C)Oc1ccnc(-c2ccnc(Nc3ccc4[nH]c(C(=O)N5CCN(C)CC5)cc4c3)n2)c1.COc1ccnc(-c2ccnc(Nc3ccc4[nH]c(C(=O)CCCCN(C)C)cc4c3)n2)c1.O=C(c1cc2cc(Nc3nccc(-c4ccccn4)n3)ccc2[nH]1)N1CCN(C(=O)[C@@H]2CCCO2)CC1.O=C(c1cc2cc(Nc3nccc(-c4ccccn4)n3)ccc2[nH]1)N1CCN(C(=O)[C@H]2CCCO2)CC1. The molecule has 37 nitrogen and oxygen atoms in total. The van der Waals surface area contributed by atoms with Crippen molar-refractivity contribution in [2.45, 2.75) is 84.0 Å². The maximum absolute atomic E-state index is 13.2. The first-order chi connectivity index (χ1) is 70.1. The first kappa shape index (κ1) is 97.8. The molecular formula is C107H115N27O10. The summed E-state index contributed by atoms with van der Waals surface area (Å²) in [4.78, 5) is 157. The molecule has 0 radical (unpaired) electrons. The van der Waals surface area contributed by atoms with E-state index in [1.807, 2.05) is 199 Å². The highest BCUT2D eigenvalue weighted by Crippen LogP contribution is 2.33. The van der Waals surface area contributed by atoms with Gasteiger partial charge in [0.1, 0.15) is 40.8 Å². The molecule has 21 rings (SSSR count). The number of likely N-dealkylation sites (N-methyl/N-ethyl adjacent to an activating group) is 1. The van der Waals surface area contributed by atoms with Crippen molar-refractivity contribution in [3.8, 4) is 57.1 Å². The Bertz CT molecular complexity index is 6960. The monoisotopic (exact) mass is 1940 g/mol. The van der Waals surface area contributed by atoms with Gasteiger partial charge in [-0.05, 0) is 237 Å². The minimum Gasteiger partial charge on any atom is -0.497 e. The number of ether oxygens (including phenoxy) is 4. The van der Waals surface area contributed by atoms with E-state index in [2.05, 4.69) is 139 Å². The first-order valence-electron chi connectivity index (χ1n) is 48.6. The van der Waals surface area contributed by atoms with Crippen LogP contribution in [0.1, 0.15) is 108 Å². The van der Waals surface area contributed by atoms with E-state index in [0.29, 0.717) is 153 Å². The fourth-order valence-corrected chi connectivity index (χ4v) is 17.4. The molecule has 5 aliphatic heterocycles. The van der Waals surface area contributed by atoms with Crippen LogP contribution >= 0.6 is 0 Å². The van der Waals surface area contributed by atoms with Crippen molar-refractivity contribution in [3.05, 3.63) is 254 Å². The fourth-order valence-electron chi connectivity index (χ4n) is 17.4. The van der Waals surface area contributed by atoms with Gasteiger partial charge in [-0.15, -0.1) is 0 Å². The van der Waals surface area contributed by atoms with Crippen LogP contribution in [-0.2, 0) is 19.1 Å². The zero-order chi connectivity index (χ0) is 99.5. The summed E-state index contributed by atoms with van der Waals surface area (Å²) in [5.41, 5.74) is 15.0. The number of nitrogens with one attached hydrogen (secondary N) is 8. The molecule has 3 atom stereocenters. The van der Waals surface area contributed by atoms with E-state index in [9.17, 15) is 28.8 Å². The maximum atomic E-state index is 13.2. The number of anilines is 8. The van der Waals surface area contributed by atoms with E-state index in [4.69, 9.17) is 18.9 Å². The highest BCUT2D eigenvalue weighted by molar-refractivity contribution is 6.03. The van der Waals surface area contributed by atoms with Crippen molar-refractivity contribution in [3.63, 3.8) is 0 Å². The number of aromatic nitrogens is 16. The quantitative estimate of drug-likeness (QED) is 0.0175. The van der Waals surface area contributed by atoms with Gasteiger partial charge in [0, 0.05) is 226 Å². The molecule has 8 N–H and O–H groups in total. The minimum atomic E-state index is -0.318. The lowest BCUT2D eigenvalue weighted by atomic mass is 10.1. The second-order valence-corrected chi connectivity index (χ2v) is 36.5. The number of pyridine rings is 4. The molecule has 12 aromatic heterocycles. The Labute approximate surface area is 831 Å². The normalized spacial score (nSPS) is 15.6. The number of aromatic amines is 4. The predicted octanol–water partition coefficient (Wildman–Crippen LogP) is 15.7. The second-order valence-electron chi connectivity index (χ2n) is 36.5. The Morgan fingerprint density at radius 3 is 1.09 bits per heavy atom. The second kappa shape index (κ2) is 45.9. The van der Waals surface area contributed by atoms with E-state index in [1.54, 1.807) is 78.6 Å². The number of hydrogen-bond donors (Lipinski definition) is 8. The average molecular weight is 1940 g/mol. The molecule has 0 aliphatic carbocycles. The summed E-state index contributed by atoms with van der Waals surface area (Å²) in [6.07, 6.45) is 19.0. The van der Waals surface area contributed by atoms with Gasteiger partial charge in [-0.2, -0.15) is 0 Å². The molecule has 0 saturated carbocycles. The number of benzene rings is 4. The lowest BCUT2D eigenvalue weighted by Crippen LogP contribution is -2.52. The van der Waals surface area contributed by atoms with Gasteiger partial charge >= 0.3 is 0 Å². The molecule has 144 heavy (non-hydrogen) atoms.